The highest BCUT2D eigenvalue weighted by atomic mass is 15.8. The number of nitrogens with zero attached hydrogens (tertiary/aromatic N) is 4. The van der Waals surface area contributed by atoms with Gasteiger partial charge in [-0.15, -0.1) is 5.53 Å². The Labute approximate surface area is 115 Å². The normalized spacial score (nSPS) is 23.4. The first-order valence-electron chi connectivity index (χ1n) is 7.23. The third-order valence-corrected chi connectivity index (χ3v) is 3.79. The van der Waals surface area contributed by atoms with Crippen molar-refractivity contribution in [3.63, 3.8) is 0 Å². The zero-order valence-corrected chi connectivity index (χ0v) is 12.1. The van der Waals surface area contributed by atoms with E-state index in [1.54, 1.807) is 0 Å². The largest absolute Gasteiger partial charge is 0.357 e. The maximum absolute atomic E-state index is 4.62. The average Bonchev–Trinajstić information content (AvgIpc) is 2.82. The number of rotatable bonds is 2. The second-order valence-electron chi connectivity index (χ2n) is 5.73. The molecule has 1 fully saturated rings. The molecule has 3 aliphatic rings. The summed E-state index contributed by atoms with van der Waals surface area (Å²) in [5.41, 5.74) is 4.50. The molecule has 3 rings (SSSR count). The van der Waals surface area contributed by atoms with Crippen LogP contribution >= 0.6 is 0 Å². The van der Waals surface area contributed by atoms with E-state index in [1.165, 1.54) is 25.1 Å². The molecule has 1 saturated heterocycles. The van der Waals surface area contributed by atoms with Crippen molar-refractivity contribution in [1.82, 2.24) is 20.5 Å². The summed E-state index contributed by atoms with van der Waals surface area (Å²) in [5.74, 6) is 2.23. The second kappa shape index (κ2) is 4.89. The van der Waals surface area contributed by atoms with E-state index in [-0.39, 0.29) is 0 Å². The fraction of sp³-hybridized carbons (Fsp3) is 0.643. The first-order valence-corrected chi connectivity index (χ1v) is 7.23. The molecule has 5 heteroatoms. The SMILES string of the molecule is CC1=NC2=CN(C(C)C)NN2C(N2CCCCC2)=C1. The Balaban J connectivity index is 1.85. The number of allylic oxidation sites excluding steroid dienone is 1. The molecule has 0 atom stereocenters. The average molecular weight is 261 g/mol. The summed E-state index contributed by atoms with van der Waals surface area (Å²) in [6, 6.07) is 0.413. The van der Waals surface area contributed by atoms with E-state index in [9.17, 15) is 0 Å². The van der Waals surface area contributed by atoms with Crippen LogP contribution in [-0.4, -0.2) is 39.8 Å². The van der Waals surface area contributed by atoms with Gasteiger partial charge in [0, 0.05) is 30.9 Å². The van der Waals surface area contributed by atoms with Crippen LogP contribution in [-0.2, 0) is 0 Å². The standard InChI is InChI=1S/C14H23N5/c1-11(2)18-10-13-15-12(3)9-14(19(13)16-18)17-7-5-4-6-8-17/h9-11,16H,4-8H2,1-3H3. The van der Waals surface area contributed by atoms with Gasteiger partial charge in [-0.3, -0.25) is 5.01 Å². The number of hydrazine groups is 2. The summed E-state index contributed by atoms with van der Waals surface area (Å²) in [6.45, 7) is 8.70. The minimum absolute atomic E-state index is 0.413. The van der Waals surface area contributed by atoms with Gasteiger partial charge in [-0.2, -0.15) is 0 Å². The Morgan fingerprint density at radius 2 is 1.95 bits per heavy atom. The summed E-state index contributed by atoms with van der Waals surface area (Å²) in [4.78, 5) is 7.08. The molecule has 0 aliphatic carbocycles. The van der Waals surface area contributed by atoms with Gasteiger partial charge in [0.15, 0.2) is 5.82 Å². The minimum Gasteiger partial charge on any atom is -0.357 e. The van der Waals surface area contributed by atoms with Crippen molar-refractivity contribution in [2.24, 2.45) is 4.99 Å². The molecule has 0 aromatic carbocycles. The van der Waals surface area contributed by atoms with Crippen LogP contribution in [0.5, 0.6) is 0 Å². The van der Waals surface area contributed by atoms with E-state index in [1.807, 2.05) is 0 Å². The lowest BCUT2D eigenvalue weighted by atomic mass is 10.1. The van der Waals surface area contributed by atoms with Crippen molar-refractivity contribution in [3.8, 4) is 0 Å². The lowest BCUT2D eigenvalue weighted by molar-refractivity contribution is 0.0902. The molecule has 0 unspecified atom stereocenters. The molecule has 0 aromatic heterocycles. The highest BCUT2D eigenvalue weighted by molar-refractivity contribution is 5.94. The molecule has 3 aliphatic heterocycles. The predicted molar refractivity (Wildman–Crippen MR) is 76.6 cm³/mol. The molecule has 0 amide bonds. The maximum atomic E-state index is 4.62. The van der Waals surface area contributed by atoms with E-state index in [0.29, 0.717) is 6.04 Å². The zero-order chi connectivity index (χ0) is 13.4. The van der Waals surface area contributed by atoms with Gasteiger partial charge in [0.1, 0.15) is 5.82 Å². The number of hydrogen-bond donors (Lipinski definition) is 1. The molecule has 0 aromatic rings. The Kier molecular flexibility index (Phi) is 3.22. The fourth-order valence-corrected chi connectivity index (χ4v) is 2.71. The number of piperidine rings is 1. The maximum Gasteiger partial charge on any atom is 0.168 e. The Morgan fingerprint density at radius 1 is 1.21 bits per heavy atom. The van der Waals surface area contributed by atoms with Gasteiger partial charge in [-0.05, 0) is 40.0 Å². The third-order valence-electron chi connectivity index (χ3n) is 3.79. The quantitative estimate of drug-likeness (QED) is 0.825. The Morgan fingerprint density at radius 3 is 2.63 bits per heavy atom. The van der Waals surface area contributed by atoms with Crippen LogP contribution < -0.4 is 5.53 Å². The van der Waals surface area contributed by atoms with Crippen LogP contribution in [0.15, 0.2) is 28.9 Å². The zero-order valence-electron chi connectivity index (χ0n) is 12.1. The van der Waals surface area contributed by atoms with Crippen molar-refractivity contribution in [2.75, 3.05) is 13.1 Å². The monoisotopic (exact) mass is 261 g/mol. The van der Waals surface area contributed by atoms with Gasteiger partial charge in [0.05, 0.1) is 6.20 Å². The van der Waals surface area contributed by atoms with Crippen molar-refractivity contribution >= 4 is 5.71 Å². The molecule has 0 saturated carbocycles. The molecular weight excluding hydrogens is 238 g/mol. The number of nitrogens with one attached hydrogen (secondary N) is 1. The van der Waals surface area contributed by atoms with E-state index in [4.69, 9.17) is 0 Å². The van der Waals surface area contributed by atoms with E-state index < -0.39 is 0 Å². The van der Waals surface area contributed by atoms with E-state index in [0.717, 1.165) is 24.6 Å². The van der Waals surface area contributed by atoms with Gasteiger partial charge in [-0.25, -0.2) is 10.0 Å². The fourth-order valence-electron chi connectivity index (χ4n) is 2.71. The molecular formula is C14H23N5. The lowest BCUT2D eigenvalue weighted by Crippen LogP contribution is -2.48. The molecule has 104 valence electrons. The van der Waals surface area contributed by atoms with Crippen molar-refractivity contribution < 1.29 is 0 Å². The second-order valence-corrected chi connectivity index (χ2v) is 5.73. The molecule has 3 heterocycles. The predicted octanol–water partition coefficient (Wildman–Crippen LogP) is 2.03. The summed E-state index contributed by atoms with van der Waals surface area (Å²) < 4.78 is 0. The number of hydrogen-bond acceptors (Lipinski definition) is 5. The van der Waals surface area contributed by atoms with Crippen LogP contribution in [0.3, 0.4) is 0 Å². The van der Waals surface area contributed by atoms with Gasteiger partial charge in [-0.1, -0.05) is 0 Å². The topological polar surface area (TPSA) is 34.1 Å². The van der Waals surface area contributed by atoms with Gasteiger partial charge >= 0.3 is 0 Å². The lowest BCUT2D eigenvalue weighted by Gasteiger charge is -2.38. The number of likely N-dealkylation sites (tertiary alicyclic amines) is 1. The van der Waals surface area contributed by atoms with Crippen LogP contribution in [0.1, 0.15) is 40.0 Å². The molecule has 19 heavy (non-hydrogen) atoms. The van der Waals surface area contributed by atoms with E-state index >= 15 is 0 Å². The van der Waals surface area contributed by atoms with Crippen LogP contribution in [0.2, 0.25) is 0 Å². The molecule has 5 nitrogen and oxygen atoms in total. The first-order chi connectivity index (χ1) is 9.15. The van der Waals surface area contributed by atoms with Gasteiger partial charge in [0.2, 0.25) is 0 Å². The molecule has 0 radical (unpaired) electrons. The summed E-state index contributed by atoms with van der Waals surface area (Å²) >= 11 is 0. The van der Waals surface area contributed by atoms with Gasteiger partial charge < -0.3 is 4.90 Å². The number of aliphatic imine (C=N–C) groups is 1. The first kappa shape index (κ1) is 12.5. The number of fused-ring (bicyclic) bond motifs is 1. The van der Waals surface area contributed by atoms with Crippen LogP contribution in [0.25, 0.3) is 0 Å². The highest BCUT2D eigenvalue weighted by Gasteiger charge is 2.30. The van der Waals surface area contributed by atoms with Crippen LogP contribution in [0.4, 0.5) is 0 Å². The smallest absolute Gasteiger partial charge is 0.168 e. The van der Waals surface area contributed by atoms with Crippen molar-refractivity contribution in [3.05, 3.63) is 23.9 Å². The molecule has 0 bridgehead atoms. The van der Waals surface area contributed by atoms with Crippen molar-refractivity contribution in [2.45, 2.75) is 46.1 Å². The molecule has 1 N–H and O–H groups in total. The van der Waals surface area contributed by atoms with Gasteiger partial charge in [0.25, 0.3) is 0 Å². The minimum atomic E-state index is 0.413. The summed E-state index contributed by atoms with van der Waals surface area (Å²) in [5, 5.41) is 4.22. The summed E-state index contributed by atoms with van der Waals surface area (Å²) in [6.07, 6.45) is 8.19. The summed E-state index contributed by atoms with van der Waals surface area (Å²) in [7, 11) is 0. The third kappa shape index (κ3) is 2.34. The van der Waals surface area contributed by atoms with Crippen molar-refractivity contribution in [1.29, 1.82) is 0 Å². The highest BCUT2D eigenvalue weighted by Crippen LogP contribution is 2.27. The Hall–Kier alpha value is -1.49. The van der Waals surface area contributed by atoms with E-state index in [2.05, 4.69) is 58.5 Å². The van der Waals surface area contributed by atoms with Crippen LogP contribution in [0, 0.1) is 0 Å². The Bertz CT molecular complexity index is 443. The molecule has 0 spiro atoms.